The van der Waals surface area contributed by atoms with E-state index in [9.17, 15) is 14.4 Å². The fraction of sp³-hybridized carbons (Fsp3) is 0.375. The van der Waals surface area contributed by atoms with Crippen molar-refractivity contribution in [3.05, 3.63) is 59.7 Å². The number of hydrogen-bond acceptors (Lipinski definition) is 6. The van der Waals surface area contributed by atoms with Crippen LogP contribution in [0.3, 0.4) is 0 Å². The van der Waals surface area contributed by atoms with E-state index in [-0.39, 0.29) is 57.8 Å². The monoisotopic (exact) mass is 456 g/mol. The highest BCUT2D eigenvalue weighted by Crippen LogP contribution is 2.44. The lowest BCUT2D eigenvalue weighted by molar-refractivity contribution is -0.142. The number of carbonyl (C=O) groups is 3. The van der Waals surface area contributed by atoms with E-state index in [0.29, 0.717) is 6.54 Å². The quantitative estimate of drug-likeness (QED) is 0.395. The summed E-state index contributed by atoms with van der Waals surface area (Å²) < 4.78 is 15.5. The van der Waals surface area contributed by atoms with Crippen LogP contribution >= 0.6 is 0 Å². The number of fused-ring (bicyclic) bond motifs is 3. The predicted molar refractivity (Wildman–Crippen MR) is 120 cm³/mol. The third-order valence-electron chi connectivity index (χ3n) is 5.13. The summed E-state index contributed by atoms with van der Waals surface area (Å²) in [7, 11) is 0. The third-order valence-corrected chi connectivity index (χ3v) is 5.13. The van der Waals surface area contributed by atoms with Crippen LogP contribution in [0.1, 0.15) is 23.5 Å². The number of amides is 2. The number of nitrogens with one attached hydrogen (secondary N) is 2. The first-order chi connectivity index (χ1) is 16.1. The van der Waals surface area contributed by atoms with Gasteiger partial charge in [0.05, 0.1) is 19.8 Å². The molecule has 2 amide bonds. The van der Waals surface area contributed by atoms with Crippen LogP contribution < -0.4 is 10.6 Å². The molecule has 3 N–H and O–H groups in total. The Morgan fingerprint density at radius 3 is 2.12 bits per heavy atom. The molecule has 0 unspecified atom stereocenters. The van der Waals surface area contributed by atoms with Crippen LogP contribution in [0.15, 0.2) is 48.5 Å². The molecule has 0 bridgehead atoms. The van der Waals surface area contributed by atoms with Crippen molar-refractivity contribution in [2.24, 2.45) is 0 Å². The molecule has 2 aromatic carbocycles. The Morgan fingerprint density at radius 2 is 1.45 bits per heavy atom. The Morgan fingerprint density at radius 1 is 0.818 bits per heavy atom. The van der Waals surface area contributed by atoms with E-state index in [2.05, 4.69) is 34.9 Å². The molecule has 2 aromatic rings. The number of carbonyl (C=O) groups excluding carboxylic acids is 2. The zero-order valence-corrected chi connectivity index (χ0v) is 18.2. The first kappa shape index (κ1) is 24.2. The summed E-state index contributed by atoms with van der Waals surface area (Å²) >= 11 is 0. The maximum atomic E-state index is 12.1. The lowest BCUT2D eigenvalue weighted by Gasteiger charge is -2.14. The van der Waals surface area contributed by atoms with Gasteiger partial charge in [-0.2, -0.15) is 0 Å². The number of carboxylic acid groups (broad SMARTS) is 1. The Kier molecular flexibility index (Phi) is 9.22. The first-order valence-electron chi connectivity index (χ1n) is 10.8. The van der Waals surface area contributed by atoms with Crippen LogP contribution in [0.5, 0.6) is 0 Å². The molecule has 33 heavy (non-hydrogen) atoms. The highest BCUT2D eigenvalue weighted by Gasteiger charge is 2.28. The SMILES string of the molecule is O=C(O)COCCOCCNC(=O)CCNC(=O)OCC1c2ccccc2-c2ccccc21. The van der Waals surface area contributed by atoms with E-state index in [4.69, 9.17) is 19.3 Å². The minimum Gasteiger partial charge on any atom is -0.480 e. The number of hydrogen-bond donors (Lipinski definition) is 3. The topological polar surface area (TPSA) is 123 Å². The van der Waals surface area contributed by atoms with Crippen molar-refractivity contribution in [3.63, 3.8) is 0 Å². The van der Waals surface area contributed by atoms with Gasteiger partial charge in [-0.3, -0.25) is 4.79 Å². The van der Waals surface area contributed by atoms with Crippen LogP contribution in [-0.4, -0.2) is 69.2 Å². The predicted octanol–water partition coefficient (Wildman–Crippen LogP) is 2.15. The molecule has 0 spiro atoms. The molecule has 0 radical (unpaired) electrons. The number of benzene rings is 2. The molecule has 9 heteroatoms. The van der Waals surface area contributed by atoms with Gasteiger partial charge in [0.25, 0.3) is 0 Å². The van der Waals surface area contributed by atoms with E-state index < -0.39 is 12.1 Å². The molecule has 1 aliphatic rings. The number of alkyl carbamates (subject to hydrolysis) is 1. The zero-order chi connectivity index (χ0) is 23.5. The molecule has 1 aliphatic carbocycles. The van der Waals surface area contributed by atoms with E-state index in [1.165, 1.54) is 0 Å². The molecule has 3 rings (SSSR count). The molecule has 0 atom stereocenters. The van der Waals surface area contributed by atoms with Gasteiger partial charge in [-0.15, -0.1) is 0 Å². The van der Waals surface area contributed by atoms with Crippen molar-refractivity contribution >= 4 is 18.0 Å². The van der Waals surface area contributed by atoms with Gasteiger partial charge in [-0.05, 0) is 22.3 Å². The minimum atomic E-state index is -1.03. The van der Waals surface area contributed by atoms with Crippen molar-refractivity contribution < 1.29 is 33.7 Å². The van der Waals surface area contributed by atoms with Crippen molar-refractivity contribution in [1.82, 2.24) is 10.6 Å². The second-order valence-electron chi connectivity index (χ2n) is 7.41. The van der Waals surface area contributed by atoms with Crippen LogP contribution in [0, 0.1) is 0 Å². The fourth-order valence-corrected chi connectivity index (χ4v) is 3.66. The maximum Gasteiger partial charge on any atom is 0.407 e. The average Bonchev–Trinajstić information content (AvgIpc) is 3.13. The highest BCUT2D eigenvalue weighted by atomic mass is 16.5. The number of carboxylic acids is 1. The molecule has 0 fully saturated rings. The van der Waals surface area contributed by atoms with Gasteiger partial charge in [0.15, 0.2) is 0 Å². The van der Waals surface area contributed by atoms with Gasteiger partial charge >= 0.3 is 12.1 Å². The molecule has 0 heterocycles. The maximum absolute atomic E-state index is 12.1. The second kappa shape index (κ2) is 12.6. The summed E-state index contributed by atoms with van der Waals surface area (Å²) in [4.78, 5) is 34.2. The molecular formula is C24H28N2O7. The summed E-state index contributed by atoms with van der Waals surface area (Å²) in [5.41, 5.74) is 4.61. The summed E-state index contributed by atoms with van der Waals surface area (Å²) in [5.74, 6) is -1.27. The molecule has 0 aliphatic heterocycles. The number of rotatable bonds is 13. The van der Waals surface area contributed by atoms with Gasteiger partial charge in [-0.25, -0.2) is 9.59 Å². The Bertz CT molecular complexity index is 918. The van der Waals surface area contributed by atoms with Gasteiger partial charge in [-0.1, -0.05) is 48.5 Å². The van der Waals surface area contributed by atoms with Gasteiger partial charge in [0, 0.05) is 25.4 Å². The van der Waals surface area contributed by atoms with Gasteiger partial charge in [0.1, 0.15) is 13.2 Å². The zero-order valence-electron chi connectivity index (χ0n) is 18.2. The largest absolute Gasteiger partial charge is 0.480 e. The van der Waals surface area contributed by atoms with Crippen molar-refractivity contribution in [2.45, 2.75) is 12.3 Å². The minimum absolute atomic E-state index is 0.0130. The van der Waals surface area contributed by atoms with Crippen LogP contribution in [0.4, 0.5) is 4.79 Å². The summed E-state index contributed by atoms with van der Waals surface area (Å²) in [6.45, 7) is 1.02. The Balaban J connectivity index is 1.29. The van der Waals surface area contributed by atoms with E-state index in [1.54, 1.807) is 0 Å². The summed E-state index contributed by atoms with van der Waals surface area (Å²) in [6.07, 6.45) is -0.444. The van der Waals surface area contributed by atoms with Crippen LogP contribution in [0.25, 0.3) is 11.1 Å². The molecule has 0 saturated heterocycles. The van der Waals surface area contributed by atoms with Crippen LogP contribution in [-0.2, 0) is 23.8 Å². The molecule has 0 saturated carbocycles. The van der Waals surface area contributed by atoms with Crippen molar-refractivity contribution in [3.8, 4) is 11.1 Å². The molecule has 0 aromatic heterocycles. The van der Waals surface area contributed by atoms with Crippen molar-refractivity contribution in [2.75, 3.05) is 46.1 Å². The number of aliphatic carboxylic acids is 1. The summed E-state index contributed by atoms with van der Waals surface area (Å²) in [5, 5.41) is 13.7. The molecule has 176 valence electrons. The molecule has 9 nitrogen and oxygen atoms in total. The van der Waals surface area contributed by atoms with E-state index in [0.717, 1.165) is 22.3 Å². The fourth-order valence-electron chi connectivity index (χ4n) is 3.66. The van der Waals surface area contributed by atoms with Gasteiger partial charge < -0.3 is 30.0 Å². The molecular weight excluding hydrogens is 428 g/mol. The van der Waals surface area contributed by atoms with Gasteiger partial charge in [0.2, 0.25) is 5.91 Å². The highest BCUT2D eigenvalue weighted by molar-refractivity contribution is 5.79. The second-order valence-corrected chi connectivity index (χ2v) is 7.41. The Hall–Kier alpha value is -3.43. The standard InChI is InChI=1S/C24H28N2O7/c27-22(25-11-12-31-13-14-32-16-23(28)29)9-10-26-24(30)33-15-21-19-7-3-1-5-17(19)18-6-2-4-8-20(18)21/h1-8,21H,9-16H2,(H,25,27)(H,26,30)(H,28,29). The normalized spacial score (nSPS) is 12.0. The summed E-state index contributed by atoms with van der Waals surface area (Å²) in [6, 6.07) is 16.2. The van der Waals surface area contributed by atoms with Crippen molar-refractivity contribution in [1.29, 1.82) is 0 Å². The van der Waals surface area contributed by atoms with Crippen LogP contribution in [0.2, 0.25) is 0 Å². The van der Waals surface area contributed by atoms with E-state index in [1.807, 2.05) is 24.3 Å². The average molecular weight is 456 g/mol. The first-order valence-corrected chi connectivity index (χ1v) is 10.8. The third kappa shape index (κ3) is 7.30. The lowest BCUT2D eigenvalue weighted by atomic mass is 9.98. The lowest BCUT2D eigenvalue weighted by Crippen LogP contribution is -2.33. The van der Waals surface area contributed by atoms with E-state index >= 15 is 0 Å². The Labute approximate surface area is 192 Å². The number of ether oxygens (including phenoxy) is 3. The smallest absolute Gasteiger partial charge is 0.407 e.